The van der Waals surface area contributed by atoms with Gasteiger partial charge in [-0.1, -0.05) is 0 Å². The Balaban J connectivity index is 2.05. The lowest BCUT2D eigenvalue weighted by Crippen LogP contribution is -2.01. The largest absolute Gasteiger partial charge is 0.486 e. The van der Waals surface area contributed by atoms with E-state index >= 15 is 0 Å². The molecule has 0 aliphatic rings. The van der Waals surface area contributed by atoms with Gasteiger partial charge in [0.25, 0.3) is 0 Å². The van der Waals surface area contributed by atoms with Crippen LogP contribution in [0, 0.1) is 0 Å². The highest BCUT2D eigenvalue weighted by molar-refractivity contribution is 7.06. The van der Waals surface area contributed by atoms with Gasteiger partial charge in [0.15, 0.2) is 0 Å². The first-order valence-corrected chi connectivity index (χ1v) is 5.24. The fourth-order valence-electron chi connectivity index (χ4n) is 1.12. The van der Waals surface area contributed by atoms with Crippen molar-refractivity contribution in [1.29, 1.82) is 0 Å². The lowest BCUT2D eigenvalue weighted by atomic mass is 10.3. The summed E-state index contributed by atoms with van der Waals surface area (Å²) in [6.07, 6.45) is 4.54. The van der Waals surface area contributed by atoms with Gasteiger partial charge >= 0.3 is 5.97 Å². The van der Waals surface area contributed by atoms with E-state index < -0.39 is 5.97 Å². The van der Waals surface area contributed by atoms with E-state index in [9.17, 15) is 4.79 Å². The second-order valence-electron chi connectivity index (χ2n) is 2.95. The average Bonchev–Trinajstić information content (AvgIpc) is 2.76. The van der Waals surface area contributed by atoms with Crippen LogP contribution in [0.4, 0.5) is 0 Å². The highest BCUT2D eigenvalue weighted by Gasteiger charge is 2.12. The molecule has 0 unspecified atom stereocenters. The highest BCUT2D eigenvalue weighted by Crippen LogP contribution is 2.17. The molecule has 16 heavy (non-hydrogen) atoms. The summed E-state index contributed by atoms with van der Waals surface area (Å²) in [4.78, 5) is 15.3. The fourth-order valence-corrected chi connectivity index (χ4v) is 1.76. The van der Waals surface area contributed by atoms with Crippen molar-refractivity contribution < 1.29 is 14.6 Å². The number of aromatic carboxylic acids is 1. The van der Waals surface area contributed by atoms with E-state index in [1.54, 1.807) is 24.5 Å². The monoisotopic (exact) mass is 236 g/mol. The van der Waals surface area contributed by atoms with Crippen molar-refractivity contribution >= 4 is 17.5 Å². The van der Waals surface area contributed by atoms with Crippen molar-refractivity contribution in [2.75, 3.05) is 0 Å². The molecule has 0 radical (unpaired) electrons. The minimum absolute atomic E-state index is 0.189. The van der Waals surface area contributed by atoms with Gasteiger partial charge in [-0.15, -0.1) is 0 Å². The number of hydrogen-bond acceptors (Lipinski definition) is 5. The summed E-state index contributed by atoms with van der Waals surface area (Å²) in [5.41, 5.74) is 0.189. The van der Waals surface area contributed by atoms with E-state index in [1.165, 1.54) is 6.20 Å². The van der Waals surface area contributed by atoms with Crippen LogP contribution in [0.25, 0.3) is 0 Å². The maximum absolute atomic E-state index is 10.8. The number of nitrogens with zero attached hydrogens (tertiary/aromatic N) is 2. The third-order valence-electron chi connectivity index (χ3n) is 1.88. The summed E-state index contributed by atoms with van der Waals surface area (Å²) in [6.45, 7) is 0.192. The van der Waals surface area contributed by atoms with Gasteiger partial charge in [-0.3, -0.25) is 4.98 Å². The van der Waals surface area contributed by atoms with E-state index in [-0.39, 0.29) is 12.2 Å². The molecule has 0 fully saturated rings. The topological polar surface area (TPSA) is 72.3 Å². The zero-order valence-corrected chi connectivity index (χ0v) is 8.98. The predicted molar refractivity (Wildman–Crippen MR) is 57.6 cm³/mol. The molecule has 0 saturated carbocycles. The number of rotatable bonds is 4. The van der Waals surface area contributed by atoms with Crippen molar-refractivity contribution in [3.63, 3.8) is 0 Å². The Morgan fingerprint density at radius 1 is 1.50 bits per heavy atom. The summed E-state index contributed by atoms with van der Waals surface area (Å²) in [6, 6.07) is 3.51. The maximum Gasteiger partial charge on any atom is 0.338 e. The van der Waals surface area contributed by atoms with Crippen molar-refractivity contribution in [3.05, 3.63) is 41.2 Å². The summed E-state index contributed by atoms with van der Waals surface area (Å²) in [5, 5.41) is 8.85. The Morgan fingerprint density at radius 2 is 2.38 bits per heavy atom. The van der Waals surface area contributed by atoms with Gasteiger partial charge in [0.2, 0.25) is 0 Å². The van der Waals surface area contributed by atoms with Crippen LogP contribution >= 0.6 is 11.5 Å². The molecular formula is C10H8N2O3S. The number of carbonyl (C=O) groups is 1. The molecule has 2 rings (SSSR count). The van der Waals surface area contributed by atoms with E-state index in [4.69, 9.17) is 9.84 Å². The Labute approximate surface area is 95.5 Å². The molecule has 0 atom stereocenters. The maximum atomic E-state index is 10.8. The number of hydrogen-bond donors (Lipinski definition) is 1. The van der Waals surface area contributed by atoms with Crippen molar-refractivity contribution in [2.45, 2.75) is 6.61 Å². The number of carboxylic acid groups (broad SMARTS) is 1. The van der Waals surface area contributed by atoms with Crippen LogP contribution in [-0.4, -0.2) is 20.4 Å². The van der Waals surface area contributed by atoms with Crippen LogP contribution in [0.1, 0.15) is 15.2 Å². The van der Waals surface area contributed by atoms with Crippen LogP contribution in [0.2, 0.25) is 0 Å². The van der Waals surface area contributed by atoms with Crippen LogP contribution in [-0.2, 0) is 6.61 Å². The van der Waals surface area contributed by atoms with Gasteiger partial charge in [-0.2, -0.15) is 4.37 Å². The molecule has 2 heterocycles. The zero-order chi connectivity index (χ0) is 11.4. The van der Waals surface area contributed by atoms with Crippen LogP contribution in [0.5, 0.6) is 5.75 Å². The molecule has 0 spiro atoms. The third kappa shape index (κ3) is 2.34. The quantitative estimate of drug-likeness (QED) is 0.876. The summed E-state index contributed by atoms with van der Waals surface area (Å²) < 4.78 is 9.21. The molecule has 2 aromatic heterocycles. The standard InChI is InChI=1S/C10H8N2O3S/c13-10(14)8-5-12-16-9(8)6-15-7-2-1-3-11-4-7/h1-5H,6H2,(H,13,14). The first kappa shape index (κ1) is 10.6. The molecule has 0 aliphatic carbocycles. The van der Waals surface area contributed by atoms with E-state index in [0.717, 1.165) is 11.5 Å². The Bertz CT molecular complexity index is 484. The molecule has 5 nitrogen and oxygen atoms in total. The predicted octanol–water partition coefficient (Wildman–Crippen LogP) is 1.82. The molecule has 2 aromatic rings. The van der Waals surface area contributed by atoms with Gasteiger partial charge in [-0.25, -0.2) is 4.79 Å². The molecule has 0 aromatic carbocycles. The molecule has 82 valence electrons. The van der Waals surface area contributed by atoms with Gasteiger partial charge < -0.3 is 9.84 Å². The Morgan fingerprint density at radius 3 is 3.06 bits per heavy atom. The van der Waals surface area contributed by atoms with Crippen molar-refractivity contribution in [1.82, 2.24) is 9.36 Å². The van der Waals surface area contributed by atoms with Gasteiger partial charge in [0.1, 0.15) is 12.4 Å². The fraction of sp³-hybridized carbons (Fsp3) is 0.100. The molecular weight excluding hydrogens is 228 g/mol. The SMILES string of the molecule is O=C(O)c1cnsc1COc1cccnc1. The number of carboxylic acids is 1. The van der Waals surface area contributed by atoms with Crippen molar-refractivity contribution in [2.24, 2.45) is 0 Å². The number of aromatic nitrogens is 2. The minimum Gasteiger partial charge on any atom is -0.486 e. The molecule has 0 aliphatic heterocycles. The third-order valence-corrected chi connectivity index (χ3v) is 2.65. The second kappa shape index (κ2) is 4.71. The van der Waals surface area contributed by atoms with E-state index in [0.29, 0.717) is 10.6 Å². The first-order valence-electron chi connectivity index (χ1n) is 4.47. The molecule has 6 heteroatoms. The smallest absolute Gasteiger partial charge is 0.338 e. The lowest BCUT2D eigenvalue weighted by molar-refractivity contribution is 0.0694. The molecule has 0 amide bonds. The van der Waals surface area contributed by atoms with Crippen LogP contribution < -0.4 is 4.74 Å². The summed E-state index contributed by atoms with van der Waals surface area (Å²) in [7, 11) is 0. The van der Waals surface area contributed by atoms with Gasteiger partial charge in [0, 0.05) is 6.20 Å². The molecule has 0 saturated heterocycles. The average molecular weight is 236 g/mol. The van der Waals surface area contributed by atoms with Crippen molar-refractivity contribution in [3.8, 4) is 5.75 Å². The first-order chi connectivity index (χ1) is 7.77. The Kier molecular flexibility index (Phi) is 3.11. The summed E-state index contributed by atoms with van der Waals surface area (Å²) >= 11 is 1.12. The lowest BCUT2D eigenvalue weighted by Gasteiger charge is -2.03. The van der Waals surface area contributed by atoms with E-state index in [1.807, 2.05) is 0 Å². The van der Waals surface area contributed by atoms with Crippen LogP contribution in [0.3, 0.4) is 0 Å². The summed E-state index contributed by atoms with van der Waals surface area (Å²) in [5.74, 6) is -0.384. The second-order valence-corrected chi connectivity index (χ2v) is 3.83. The molecule has 0 bridgehead atoms. The Hall–Kier alpha value is -1.95. The van der Waals surface area contributed by atoms with Gasteiger partial charge in [0.05, 0.1) is 22.8 Å². The van der Waals surface area contributed by atoms with Crippen LogP contribution in [0.15, 0.2) is 30.7 Å². The normalized spacial score (nSPS) is 10.0. The van der Waals surface area contributed by atoms with Gasteiger partial charge in [-0.05, 0) is 23.7 Å². The number of ether oxygens (including phenoxy) is 1. The minimum atomic E-state index is -0.987. The van der Waals surface area contributed by atoms with E-state index in [2.05, 4.69) is 9.36 Å². The highest BCUT2D eigenvalue weighted by atomic mass is 32.1. The number of pyridine rings is 1. The molecule has 1 N–H and O–H groups in total. The zero-order valence-electron chi connectivity index (χ0n) is 8.16.